The predicted molar refractivity (Wildman–Crippen MR) is 86.3 cm³/mol. The lowest BCUT2D eigenvalue weighted by Crippen LogP contribution is -2.40. The summed E-state index contributed by atoms with van der Waals surface area (Å²) in [6.07, 6.45) is 2.24. The molecule has 1 aliphatic heterocycles. The fraction of sp³-hybridized carbons (Fsp3) is 0.667. The van der Waals surface area contributed by atoms with Crippen molar-refractivity contribution in [3.05, 3.63) is 12.3 Å². The van der Waals surface area contributed by atoms with Gasteiger partial charge in [-0.2, -0.15) is 4.98 Å². The summed E-state index contributed by atoms with van der Waals surface area (Å²) in [4.78, 5) is 24.7. The highest BCUT2D eigenvalue weighted by Crippen LogP contribution is 2.18. The average Bonchev–Trinajstić information content (AvgIpc) is 2.85. The highest BCUT2D eigenvalue weighted by Gasteiger charge is 2.27. The number of rotatable bonds is 3. The molecule has 2 heterocycles. The molecule has 0 radical (unpaired) electrons. The number of aromatic nitrogens is 2. The molecule has 1 aromatic rings. The van der Waals surface area contributed by atoms with E-state index in [1.807, 2.05) is 45.8 Å². The van der Waals surface area contributed by atoms with Crippen LogP contribution in [0, 0.1) is 0 Å². The molecule has 1 atom stereocenters. The lowest BCUT2D eigenvalue weighted by atomic mass is 10.2. The van der Waals surface area contributed by atoms with Gasteiger partial charge in [-0.05, 0) is 33.3 Å². The van der Waals surface area contributed by atoms with Gasteiger partial charge in [0.25, 0.3) is 0 Å². The Balaban J connectivity index is 1.93. The standard InChI is InChI=1S/C15H25N5O2/c1-15(2,3)22-14(21)17-11-7-9-20(10-11)13-16-8-6-12(18-13)19(4)5/h6,8,11H,7,9-10H2,1-5H3,(H,17,21)/t11-/m0/s1. The zero-order valence-electron chi connectivity index (χ0n) is 14.0. The van der Waals surface area contributed by atoms with Gasteiger partial charge >= 0.3 is 6.09 Å². The average molecular weight is 307 g/mol. The SMILES string of the molecule is CN(C)c1ccnc(N2CC[C@H](NC(=O)OC(C)(C)C)C2)n1. The molecule has 0 aromatic carbocycles. The second-order valence-corrected chi connectivity index (χ2v) is 6.69. The maximum atomic E-state index is 11.8. The van der Waals surface area contributed by atoms with Crippen molar-refractivity contribution in [2.45, 2.75) is 38.8 Å². The summed E-state index contributed by atoms with van der Waals surface area (Å²) >= 11 is 0. The minimum Gasteiger partial charge on any atom is -0.444 e. The molecule has 7 nitrogen and oxygen atoms in total. The van der Waals surface area contributed by atoms with Crippen molar-refractivity contribution in [3.8, 4) is 0 Å². The van der Waals surface area contributed by atoms with Crippen molar-refractivity contribution in [1.29, 1.82) is 0 Å². The van der Waals surface area contributed by atoms with Gasteiger partial charge in [-0.1, -0.05) is 0 Å². The number of carbonyl (C=O) groups excluding carboxylic acids is 1. The van der Waals surface area contributed by atoms with E-state index in [4.69, 9.17) is 4.74 Å². The number of nitrogens with one attached hydrogen (secondary N) is 1. The number of ether oxygens (including phenoxy) is 1. The minimum absolute atomic E-state index is 0.0569. The van der Waals surface area contributed by atoms with Crippen molar-refractivity contribution in [3.63, 3.8) is 0 Å². The van der Waals surface area contributed by atoms with E-state index in [0.29, 0.717) is 12.5 Å². The van der Waals surface area contributed by atoms with Crippen LogP contribution in [0.5, 0.6) is 0 Å². The topological polar surface area (TPSA) is 70.6 Å². The molecule has 0 unspecified atom stereocenters. The van der Waals surface area contributed by atoms with Crippen LogP contribution in [0.2, 0.25) is 0 Å². The van der Waals surface area contributed by atoms with Gasteiger partial charge in [0, 0.05) is 33.4 Å². The van der Waals surface area contributed by atoms with E-state index in [2.05, 4.69) is 20.2 Å². The second kappa shape index (κ2) is 6.37. The Morgan fingerprint density at radius 3 is 2.82 bits per heavy atom. The number of carbonyl (C=O) groups is 1. The Kier molecular flexibility index (Phi) is 4.73. The van der Waals surface area contributed by atoms with Gasteiger partial charge in [0.15, 0.2) is 0 Å². The fourth-order valence-corrected chi connectivity index (χ4v) is 2.27. The highest BCUT2D eigenvalue weighted by molar-refractivity contribution is 5.68. The maximum absolute atomic E-state index is 11.8. The molecule has 1 saturated heterocycles. The van der Waals surface area contributed by atoms with Crippen LogP contribution in [0.25, 0.3) is 0 Å². The number of hydrogen-bond donors (Lipinski definition) is 1. The lowest BCUT2D eigenvalue weighted by Gasteiger charge is -2.22. The van der Waals surface area contributed by atoms with Gasteiger partial charge in [-0.25, -0.2) is 9.78 Å². The Labute approximate surface area is 131 Å². The lowest BCUT2D eigenvalue weighted by molar-refractivity contribution is 0.0509. The van der Waals surface area contributed by atoms with Crippen molar-refractivity contribution in [2.24, 2.45) is 0 Å². The molecule has 7 heteroatoms. The van der Waals surface area contributed by atoms with E-state index < -0.39 is 5.60 Å². The maximum Gasteiger partial charge on any atom is 0.407 e. The molecular weight excluding hydrogens is 282 g/mol. The fourth-order valence-electron chi connectivity index (χ4n) is 2.27. The molecule has 2 rings (SSSR count). The molecule has 1 aromatic heterocycles. The molecule has 122 valence electrons. The molecule has 1 aliphatic rings. The van der Waals surface area contributed by atoms with Crippen molar-refractivity contribution in [1.82, 2.24) is 15.3 Å². The third kappa shape index (κ3) is 4.47. The molecule has 1 amide bonds. The molecule has 0 bridgehead atoms. The first kappa shape index (κ1) is 16.3. The summed E-state index contributed by atoms with van der Waals surface area (Å²) in [7, 11) is 3.89. The Hall–Kier alpha value is -2.05. The van der Waals surface area contributed by atoms with E-state index in [-0.39, 0.29) is 12.1 Å². The smallest absolute Gasteiger partial charge is 0.407 e. The van der Waals surface area contributed by atoms with E-state index >= 15 is 0 Å². The highest BCUT2D eigenvalue weighted by atomic mass is 16.6. The summed E-state index contributed by atoms with van der Waals surface area (Å²) in [5.41, 5.74) is -0.481. The van der Waals surface area contributed by atoms with Crippen LogP contribution in [0.3, 0.4) is 0 Å². The zero-order chi connectivity index (χ0) is 16.3. The van der Waals surface area contributed by atoms with E-state index in [0.717, 1.165) is 18.8 Å². The second-order valence-electron chi connectivity index (χ2n) is 6.69. The largest absolute Gasteiger partial charge is 0.444 e. The molecule has 0 spiro atoms. The van der Waals surface area contributed by atoms with E-state index in [1.165, 1.54) is 0 Å². The van der Waals surface area contributed by atoms with E-state index in [9.17, 15) is 4.79 Å². The van der Waals surface area contributed by atoms with Crippen molar-refractivity contribution in [2.75, 3.05) is 37.0 Å². The van der Waals surface area contributed by atoms with Crippen molar-refractivity contribution < 1.29 is 9.53 Å². The number of amides is 1. The van der Waals surface area contributed by atoms with Crippen LogP contribution in [0.15, 0.2) is 12.3 Å². The zero-order valence-corrected chi connectivity index (χ0v) is 14.0. The molecule has 22 heavy (non-hydrogen) atoms. The van der Waals surface area contributed by atoms with Crippen LogP contribution < -0.4 is 15.1 Å². The van der Waals surface area contributed by atoms with Gasteiger partial charge in [0.05, 0.1) is 6.04 Å². The van der Waals surface area contributed by atoms with Gasteiger partial charge in [-0.3, -0.25) is 0 Å². The first-order valence-corrected chi connectivity index (χ1v) is 7.49. The number of anilines is 2. The van der Waals surface area contributed by atoms with Crippen molar-refractivity contribution >= 4 is 17.9 Å². The van der Waals surface area contributed by atoms with Crippen LogP contribution in [0.4, 0.5) is 16.6 Å². The summed E-state index contributed by atoms with van der Waals surface area (Å²) in [6, 6.07) is 1.93. The number of nitrogens with zero attached hydrogens (tertiary/aromatic N) is 4. The Bertz CT molecular complexity index is 527. The Morgan fingerprint density at radius 1 is 1.45 bits per heavy atom. The third-order valence-corrected chi connectivity index (χ3v) is 3.28. The molecule has 1 N–H and O–H groups in total. The monoisotopic (exact) mass is 307 g/mol. The third-order valence-electron chi connectivity index (χ3n) is 3.28. The quantitative estimate of drug-likeness (QED) is 0.915. The Morgan fingerprint density at radius 2 is 2.18 bits per heavy atom. The molecule has 0 aliphatic carbocycles. The van der Waals surface area contributed by atoms with E-state index in [1.54, 1.807) is 6.20 Å². The van der Waals surface area contributed by atoms with Crippen LogP contribution in [-0.2, 0) is 4.74 Å². The number of alkyl carbamates (subject to hydrolysis) is 1. The summed E-state index contributed by atoms with van der Waals surface area (Å²) < 4.78 is 5.28. The van der Waals surface area contributed by atoms with Gasteiger partial charge in [-0.15, -0.1) is 0 Å². The normalized spacial score (nSPS) is 18.2. The van der Waals surface area contributed by atoms with Crippen LogP contribution >= 0.6 is 0 Å². The summed E-state index contributed by atoms with van der Waals surface area (Å²) in [6.45, 7) is 7.07. The number of hydrogen-bond acceptors (Lipinski definition) is 6. The van der Waals surface area contributed by atoms with Gasteiger partial charge in [0.2, 0.25) is 5.95 Å². The summed E-state index contributed by atoms with van der Waals surface area (Å²) in [5.74, 6) is 1.56. The minimum atomic E-state index is -0.481. The summed E-state index contributed by atoms with van der Waals surface area (Å²) in [5, 5.41) is 2.90. The predicted octanol–water partition coefficient (Wildman–Crippen LogP) is 1.65. The molecular formula is C15H25N5O2. The first-order valence-electron chi connectivity index (χ1n) is 7.49. The molecule has 0 saturated carbocycles. The molecule has 1 fully saturated rings. The van der Waals surface area contributed by atoms with Crippen LogP contribution in [-0.4, -0.2) is 54.9 Å². The van der Waals surface area contributed by atoms with Gasteiger partial charge < -0.3 is 19.9 Å². The van der Waals surface area contributed by atoms with Gasteiger partial charge in [0.1, 0.15) is 11.4 Å². The van der Waals surface area contributed by atoms with Crippen LogP contribution in [0.1, 0.15) is 27.2 Å². The first-order chi connectivity index (χ1) is 10.2.